The third-order valence-electron chi connectivity index (χ3n) is 10.5. The molecule has 19 heteroatoms. The highest BCUT2D eigenvalue weighted by Gasteiger charge is 2.44. The van der Waals surface area contributed by atoms with Crippen molar-refractivity contribution in [2.45, 2.75) is 102 Å². The Morgan fingerprint density at radius 1 is 0.742 bits per heavy atom. The number of aliphatic hydroxyl groups is 2. The predicted molar refractivity (Wildman–Crippen MR) is 244 cm³/mol. The van der Waals surface area contributed by atoms with Crippen molar-refractivity contribution in [3.63, 3.8) is 0 Å². The molecule has 0 bridgehead atoms. The number of carboxylic acids is 1. The minimum Gasteiger partial charge on any atom is -0.489 e. The minimum absolute atomic E-state index is 0.0182. The zero-order valence-electron chi connectivity index (χ0n) is 36.8. The van der Waals surface area contributed by atoms with E-state index in [4.69, 9.17) is 52.6 Å². The van der Waals surface area contributed by atoms with Crippen molar-refractivity contribution in [1.29, 1.82) is 0 Å². The third kappa shape index (κ3) is 12.6. The number of nitrogens with two attached hydrogens (primary N) is 1. The minimum atomic E-state index is -1.65. The highest BCUT2D eigenvalue weighted by atomic mass is 35.5. The number of aromatic nitrogens is 4. The summed E-state index contributed by atoms with van der Waals surface area (Å²) in [6.45, 7) is 7.72. The van der Waals surface area contributed by atoms with Gasteiger partial charge < -0.3 is 49.6 Å². The average molecular weight is 950 g/mol. The molecular weight excluding hydrogens is 898 g/mol. The SMILES string of the molecule is CC(C)Oc1ccc(-c2noc(-c3ccc(F)cc3)n2)cc1Cl.CC(C)Oc1ccc(-c2noc(-c3ccc(NC4CCC(O)(C(=O)O)C4)cc3)n2)cc1Cl.COC(=O)C1(O)CC[C@H](N)C1. The number of hydrogen-bond acceptors (Lipinski definition) is 15. The molecule has 2 aromatic heterocycles. The predicted octanol–water partition coefficient (Wildman–Crippen LogP) is 9.01. The van der Waals surface area contributed by atoms with Crippen LogP contribution in [0.5, 0.6) is 11.5 Å². The van der Waals surface area contributed by atoms with E-state index in [0.717, 1.165) is 11.3 Å². The molecule has 2 aliphatic rings. The zero-order chi connectivity index (χ0) is 47.8. The van der Waals surface area contributed by atoms with Crippen molar-refractivity contribution in [2.75, 3.05) is 12.4 Å². The second-order valence-corrected chi connectivity index (χ2v) is 17.3. The Labute approximate surface area is 390 Å². The van der Waals surface area contributed by atoms with Crippen LogP contribution in [0.2, 0.25) is 10.0 Å². The number of carboxylic acid groups (broad SMARTS) is 1. The lowest BCUT2D eigenvalue weighted by atomic mass is 10.0. The molecule has 16 nitrogen and oxygen atoms in total. The van der Waals surface area contributed by atoms with Crippen LogP contribution in [-0.2, 0) is 14.3 Å². The Bertz CT molecular complexity index is 2590. The zero-order valence-corrected chi connectivity index (χ0v) is 38.3. The molecule has 350 valence electrons. The molecule has 0 aliphatic heterocycles. The van der Waals surface area contributed by atoms with Gasteiger partial charge in [-0.2, -0.15) is 9.97 Å². The molecule has 0 saturated heterocycles. The van der Waals surface area contributed by atoms with Gasteiger partial charge >= 0.3 is 11.9 Å². The average Bonchev–Trinajstić information content (AvgIpc) is 4.11. The number of nitrogens with one attached hydrogen (secondary N) is 1. The summed E-state index contributed by atoms with van der Waals surface area (Å²) in [4.78, 5) is 30.9. The molecule has 66 heavy (non-hydrogen) atoms. The molecule has 0 spiro atoms. The lowest BCUT2D eigenvalue weighted by Gasteiger charge is -2.18. The van der Waals surface area contributed by atoms with Crippen LogP contribution in [-0.4, -0.2) is 90.1 Å². The van der Waals surface area contributed by atoms with E-state index in [9.17, 15) is 24.2 Å². The Hall–Kier alpha value is -6.11. The standard InChI is InChI=1S/C23H24ClN3O5.C17H14ClFN2O2.C7H13NO3/c1-13(2)31-19-8-5-15(11-18(19)24)20-26-21(32-27-20)14-3-6-16(7-4-14)25-17-9-10-23(30,12-17)22(28)29;1-10(2)22-15-8-5-12(9-14(15)18)16-20-17(23-21-16)11-3-6-13(19)7-4-11;1-11-6(9)7(10)3-2-5(8)4-7/h3-8,11,13,17,25,30H,9-10,12H2,1-2H3,(H,28,29);3-10H,1-2H3;5,10H,2-4,8H2,1H3/t;;5-,7?/m..0/s1. The van der Waals surface area contributed by atoms with Gasteiger partial charge in [0.15, 0.2) is 11.2 Å². The lowest BCUT2D eigenvalue weighted by molar-refractivity contribution is -0.161. The first-order valence-electron chi connectivity index (χ1n) is 21.1. The Morgan fingerprint density at radius 2 is 1.21 bits per heavy atom. The van der Waals surface area contributed by atoms with Crippen LogP contribution in [0.4, 0.5) is 10.1 Å². The largest absolute Gasteiger partial charge is 0.489 e. The van der Waals surface area contributed by atoms with E-state index < -0.39 is 23.1 Å². The molecule has 2 fully saturated rings. The monoisotopic (exact) mass is 948 g/mol. The molecule has 4 atom stereocenters. The Morgan fingerprint density at radius 3 is 1.62 bits per heavy atom. The van der Waals surface area contributed by atoms with Gasteiger partial charge in [0.1, 0.15) is 17.3 Å². The number of carbonyl (C=O) groups excluding carboxylic acids is 1. The summed E-state index contributed by atoms with van der Waals surface area (Å²) in [5.74, 6) is 0.652. The normalized spacial score (nSPS) is 20.0. The second kappa shape index (κ2) is 21.5. The van der Waals surface area contributed by atoms with Gasteiger partial charge in [-0.3, -0.25) is 0 Å². The Kier molecular flexibility index (Phi) is 16.0. The van der Waals surface area contributed by atoms with E-state index >= 15 is 0 Å². The maximum Gasteiger partial charge on any atom is 0.337 e. The lowest BCUT2D eigenvalue weighted by Crippen LogP contribution is -2.38. The summed E-state index contributed by atoms with van der Waals surface area (Å²) in [7, 11) is 1.27. The van der Waals surface area contributed by atoms with Crippen molar-refractivity contribution in [2.24, 2.45) is 5.73 Å². The van der Waals surface area contributed by atoms with Crippen molar-refractivity contribution < 1.29 is 52.6 Å². The molecular formula is C47H51Cl2FN6O10. The van der Waals surface area contributed by atoms with Crippen LogP contribution < -0.4 is 20.5 Å². The number of esters is 1. The molecule has 2 aliphatic carbocycles. The first kappa shape index (κ1) is 49.3. The molecule has 2 heterocycles. The van der Waals surface area contributed by atoms with Gasteiger partial charge in [-0.1, -0.05) is 33.5 Å². The fourth-order valence-electron chi connectivity index (χ4n) is 7.21. The number of anilines is 1. The summed E-state index contributed by atoms with van der Waals surface area (Å²) in [6, 6.07) is 23.7. The number of ether oxygens (including phenoxy) is 3. The number of methoxy groups -OCH3 is 1. The van der Waals surface area contributed by atoms with Gasteiger partial charge in [0.25, 0.3) is 11.8 Å². The summed E-state index contributed by atoms with van der Waals surface area (Å²) in [5.41, 5.74) is 6.21. The maximum atomic E-state index is 13.0. The molecule has 4 aromatic carbocycles. The molecule has 8 rings (SSSR count). The quantitative estimate of drug-likeness (QED) is 0.0719. The number of halogens is 3. The number of benzene rings is 4. The Balaban J connectivity index is 0.000000184. The fourth-order valence-corrected chi connectivity index (χ4v) is 7.66. The first-order chi connectivity index (χ1) is 31.3. The van der Waals surface area contributed by atoms with E-state index in [-0.39, 0.29) is 43.0 Å². The van der Waals surface area contributed by atoms with E-state index in [1.807, 2.05) is 64.1 Å². The first-order valence-corrected chi connectivity index (χ1v) is 21.9. The van der Waals surface area contributed by atoms with Crippen LogP contribution in [0.1, 0.15) is 66.2 Å². The summed E-state index contributed by atoms with van der Waals surface area (Å²) < 4.78 is 39.3. The highest BCUT2D eigenvalue weighted by Crippen LogP contribution is 2.35. The summed E-state index contributed by atoms with van der Waals surface area (Å²) in [6.07, 6.45) is 2.46. The van der Waals surface area contributed by atoms with Gasteiger partial charge in [-0.15, -0.1) is 0 Å². The number of carbonyl (C=O) groups is 2. The fraction of sp³-hybridized carbons (Fsp3) is 0.362. The van der Waals surface area contributed by atoms with Crippen molar-refractivity contribution in [3.05, 3.63) is 101 Å². The van der Waals surface area contributed by atoms with E-state index in [2.05, 4.69) is 30.3 Å². The molecule has 3 unspecified atom stereocenters. The van der Waals surface area contributed by atoms with Gasteiger partial charge in [-0.05, 0) is 138 Å². The topological polar surface area (TPSA) is 238 Å². The van der Waals surface area contributed by atoms with Crippen LogP contribution >= 0.6 is 23.2 Å². The van der Waals surface area contributed by atoms with Crippen LogP contribution in [0.25, 0.3) is 45.7 Å². The van der Waals surface area contributed by atoms with E-state index in [1.165, 1.54) is 19.2 Å². The molecule has 6 aromatic rings. The highest BCUT2D eigenvalue weighted by molar-refractivity contribution is 6.32. The van der Waals surface area contributed by atoms with Crippen LogP contribution in [0.3, 0.4) is 0 Å². The van der Waals surface area contributed by atoms with Crippen molar-refractivity contribution in [3.8, 4) is 57.2 Å². The van der Waals surface area contributed by atoms with E-state index in [0.29, 0.717) is 87.3 Å². The molecule has 0 radical (unpaired) electrons. The van der Waals surface area contributed by atoms with Gasteiger partial charge in [0, 0.05) is 52.9 Å². The third-order valence-corrected chi connectivity index (χ3v) is 11.1. The van der Waals surface area contributed by atoms with Gasteiger partial charge in [0.05, 0.1) is 29.4 Å². The molecule has 0 amide bonds. The summed E-state index contributed by atoms with van der Waals surface area (Å²) in [5, 5.41) is 41.0. The van der Waals surface area contributed by atoms with Crippen LogP contribution in [0, 0.1) is 5.82 Å². The summed E-state index contributed by atoms with van der Waals surface area (Å²) >= 11 is 12.5. The molecule has 6 N–H and O–H groups in total. The molecule has 2 saturated carbocycles. The van der Waals surface area contributed by atoms with Gasteiger partial charge in [-0.25, -0.2) is 14.0 Å². The maximum absolute atomic E-state index is 13.0. The van der Waals surface area contributed by atoms with E-state index in [1.54, 1.807) is 36.4 Å². The van der Waals surface area contributed by atoms with Gasteiger partial charge in [0.2, 0.25) is 11.6 Å². The second-order valence-electron chi connectivity index (χ2n) is 16.5. The van der Waals surface area contributed by atoms with Crippen molar-refractivity contribution >= 4 is 40.8 Å². The smallest absolute Gasteiger partial charge is 0.337 e. The number of aliphatic carboxylic acids is 1. The number of rotatable bonds is 12. The van der Waals surface area contributed by atoms with Crippen LogP contribution in [0.15, 0.2) is 94.0 Å². The number of nitrogens with zero attached hydrogens (tertiary/aromatic N) is 4. The number of hydrogen-bond donors (Lipinski definition) is 5. The van der Waals surface area contributed by atoms with Crippen molar-refractivity contribution in [1.82, 2.24) is 20.3 Å².